The molecule has 0 aliphatic heterocycles. The van der Waals surface area contributed by atoms with Crippen LogP contribution in [0.4, 0.5) is 0 Å². The van der Waals surface area contributed by atoms with Gasteiger partial charge in [-0.05, 0) is 25.0 Å². The van der Waals surface area contributed by atoms with E-state index in [0.717, 1.165) is 5.69 Å². The number of nitrogens with zero attached hydrogens (tertiary/aromatic N) is 1. The van der Waals surface area contributed by atoms with E-state index in [1.54, 1.807) is 0 Å². The third-order valence-corrected chi connectivity index (χ3v) is 3.86. The number of benzene rings is 1. The summed E-state index contributed by atoms with van der Waals surface area (Å²) in [5.41, 5.74) is 3.62. The van der Waals surface area contributed by atoms with Gasteiger partial charge >= 0.3 is 0 Å². The lowest BCUT2D eigenvalue weighted by atomic mass is 9.86. The van der Waals surface area contributed by atoms with Crippen molar-refractivity contribution in [2.24, 2.45) is 0 Å². The molecule has 1 saturated carbocycles. The fourth-order valence-electron chi connectivity index (χ4n) is 2.85. The highest BCUT2D eigenvalue weighted by atomic mass is 14.7. The summed E-state index contributed by atoms with van der Waals surface area (Å²) in [7, 11) is 0. The van der Waals surface area contributed by atoms with E-state index >= 15 is 0 Å². The molecule has 18 heavy (non-hydrogen) atoms. The average Bonchev–Trinajstić information content (AvgIpc) is 2.49. The van der Waals surface area contributed by atoms with Crippen molar-refractivity contribution in [3.8, 4) is 11.3 Å². The minimum absolute atomic E-state index is 0.683. The van der Waals surface area contributed by atoms with Crippen LogP contribution in [0.2, 0.25) is 0 Å². The van der Waals surface area contributed by atoms with E-state index in [4.69, 9.17) is 4.98 Å². The first-order valence-electron chi connectivity index (χ1n) is 6.96. The van der Waals surface area contributed by atoms with E-state index in [1.165, 1.54) is 43.4 Å². The molecule has 3 rings (SSSR count). The van der Waals surface area contributed by atoms with Crippen LogP contribution in [0, 0.1) is 0 Å². The van der Waals surface area contributed by atoms with Gasteiger partial charge in [-0.25, -0.2) is 0 Å². The van der Waals surface area contributed by atoms with Crippen LogP contribution in [0.5, 0.6) is 0 Å². The number of hydrogen-bond donors (Lipinski definition) is 0. The van der Waals surface area contributed by atoms with Gasteiger partial charge in [0.25, 0.3) is 0 Å². The van der Waals surface area contributed by atoms with Crippen LogP contribution in [-0.4, -0.2) is 4.98 Å². The maximum absolute atomic E-state index is 4.87. The molecule has 0 radical (unpaired) electrons. The predicted octanol–water partition coefficient (Wildman–Crippen LogP) is 4.80. The highest BCUT2D eigenvalue weighted by Gasteiger charge is 2.16. The topological polar surface area (TPSA) is 12.9 Å². The van der Waals surface area contributed by atoms with Crippen molar-refractivity contribution in [2.75, 3.05) is 0 Å². The van der Waals surface area contributed by atoms with Crippen molar-refractivity contribution in [3.63, 3.8) is 0 Å². The van der Waals surface area contributed by atoms with Gasteiger partial charge in [0.15, 0.2) is 0 Å². The zero-order valence-corrected chi connectivity index (χ0v) is 10.7. The lowest BCUT2D eigenvalue weighted by Crippen LogP contribution is -2.06. The quantitative estimate of drug-likeness (QED) is 0.731. The zero-order valence-electron chi connectivity index (χ0n) is 10.7. The molecule has 1 heterocycles. The molecule has 1 aromatic carbocycles. The number of hydrogen-bond acceptors (Lipinski definition) is 1. The second kappa shape index (κ2) is 5.34. The molecule has 0 amide bonds. The van der Waals surface area contributed by atoms with Gasteiger partial charge in [-0.15, -0.1) is 0 Å². The van der Waals surface area contributed by atoms with Crippen LogP contribution in [-0.2, 0) is 0 Å². The van der Waals surface area contributed by atoms with Crippen LogP contribution < -0.4 is 0 Å². The molecule has 0 atom stereocenters. The largest absolute Gasteiger partial charge is 0.253 e. The van der Waals surface area contributed by atoms with Gasteiger partial charge in [0.1, 0.15) is 0 Å². The maximum Gasteiger partial charge on any atom is 0.0705 e. The van der Waals surface area contributed by atoms with Gasteiger partial charge in [-0.2, -0.15) is 0 Å². The summed E-state index contributed by atoms with van der Waals surface area (Å²) >= 11 is 0. The molecule has 0 bridgehead atoms. The van der Waals surface area contributed by atoms with Crippen molar-refractivity contribution in [1.29, 1.82) is 0 Å². The fourth-order valence-corrected chi connectivity index (χ4v) is 2.85. The first-order chi connectivity index (χ1) is 8.93. The Bertz CT molecular complexity index is 498. The van der Waals surface area contributed by atoms with Crippen LogP contribution in [0.1, 0.15) is 43.7 Å². The predicted molar refractivity (Wildman–Crippen MR) is 75.5 cm³/mol. The smallest absolute Gasteiger partial charge is 0.0705 e. The van der Waals surface area contributed by atoms with E-state index < -0.39 is 0 Å². The second-order valence-corrected chi connectivity index (χ2v) is 5.15. The molecule has 1 fully saturated rings. The number of pyridine rings is 1. The van der Waals surface area contributed by atoms with Gasteiger partial charge in [0.2, 0.25) is 0 Å². The van der Waals surface area contributed by atoms with Crippen LogP contribution in [0.3, 0.4) is 0 Å². The number of aromatic nitrogens is 1. The first-order valence-corrected chi connectivity index (χ1v) is 6.96. The Kier molecular flexibility index (Phi) is 3.40. The summed E-state index contributed by atoms with van der Waals surface area (Å²) in [5, 5.41) is 0. The second-order valence-electron chi connectivity index (χ2n) is 5.15. The third-order valence-electron chi connectivity index (χ3n) is 3.86. The Morgan fingerprint density at radius 1 is 0.778 bits per heavy atom. The van der Waals surface area contributed by atoms with E-state index in [1.807, 2.05) is 0 Å². The summed E-state index contributed by atoms with van der Waals surface area (Å²) in [4.78, 5) is 4.87. The summed E-state index contributed by atoms with van der Waals surface area (Å²) in [5.74, 6) is 0.683. The zero-order chi connectivity index (χ0) is 12.2. The average molecular weight is 237 g/mol. The molecular formula is C17H19N. The first kappa shape index (κ1) is 11.5. The minimum atomic E-state index is 0.683. The fraction of sp³-hybridized carbons (Fsp3) is 0.353. The van der Waals surface area contributed by atoms with Crippen molar-refractivity contribution in [3.05, 3.63) is 54.2 Å². The van der Waals surface area contributed by atoms with Gasteiger partial charge in [0.05, 0.1) is 5.69 Å². The van der Waals surface area contributed by atoms with E-state index in [0.29, 0.717) is 5.92 Å². The van der Waals surface area contributed by atoms with Crippen LogP contribution >= 0.6 is 0 Å². The molecule has 1 aliphatic carbocycles. The minimum Gasteiger partial charge on any atom is -0.253 e. The third kappa shape index (κ3) is 2.45. The van der Waals surface area contributed by atoms with E-state index in [2.05, 4.69) is 48.5 Å². The molecule has 1 aliphatic rings. The standard InChI is InChI=1S/C17H19N/c1-3-8-14(9-4-1)16-12-7-13-17(18-16)15-10-5-2-6-11-15/h1,3-4,7-9,12-13,15H,2,5-6,10-11H2. The van der Waals surface area contributed by atoms with Gasteiger partial charge in [-0.3, -0.25) is 4.98 Å². The van der Waals surface area contributed by atoms with Crippen molar-refractivity contribution >= 4 is 0 Å². The van der Waals surface area contributed by atoms with Gasteiger partial charge in [-0.1, -0.05) is 55.7 Å². The highest BCUT2D eigenvalue weighted by Crippen LogP contribution is 2.32. The molecule has 92 valence electrons. The summed E-state index contributed by atoms with van der Waals surface area (Å²) in [6, 6.07) is 16.9. The molecular weight excluding hydrogens is 218 g/mol. The summed E-state index contributed by atoms with van der Waals surface area (Å²) < 4.78 is 0. The molecule has 2 aromatic rings. The Morgan fingerprint density at radius 3 is 2.33 bits per heavy atom. The Balaban J connectivity index is 1.89. The van der Waals surface area contributed by atoms with Crippen LogP contribution in [0.15, 0.2) is 48.5 Å². The van der Waals surface area contributed by atoms with Crippen molar-refractivity contribution < 1.29 is 0 Å². The summed E-state index contributed by atoms with van der Waals surface area (Å²) in [6.45, 7) is 0. The van der Waals surface area contributed by atoms with E-state index in [9.17, 15) is 0 Å². The summed E-state index contributed by atoms with van der Waals surface area (Å²) in [6.07, 6.45) is 6.75. The molecule has 0 unspecified atom stereocenters. The highest BCUT2D eigenvalue weighted by molar-refractivity contribution is 5.58. The van der Waals surface area contributed by atoms with Gasteiger partial charge < -0.3 is 0 Å². The van der Waals surface area contributed by atoms with Crippen molar-refractivity contribution in [2.45, 2.75) is 38.0 Å². The molecule has 1 heteroatoms. The molecule has 1 aromatic heterocycles. The Morgan fingerprint density at radius 2 is 1.56 bits per heavy atom. The lowest BCUT2D eigenvalue weighted by Gasteiger charge is -2.21. The molecule has 0 saturated heterocycles. The molecule has 0 spiro atoms. The Labute approximate surface area is 109 Å². The number of rotatable bonds is 2. The monoisotopic (exact) mass is 237 g/mol. The van der Waals surface area contributed by atoms with Gasteiger partial charge in [0, 0.05) is 17.2 Å². The normalized spacial score (nSPS) is 16.7. The lowest BCUT2D eigenvalue weighted by molar-refractivity contribution is 0.437. The molecule has 1 nitrogen and oxygen atoms in total. The van der Waals surface area contributed by atoms with Crippen LogP contribution in [0.25, 0.3) is 11.3 Å². The Hall–Kier alpha value is -1.63. The van der Waals surface area contributed by atoms with E-state index in [-0.39, 0.29) is 0 Å². The molecule has 0 N–H and O–H groups in total. The maximum atomic E-state index is 4.87. The van der Waals surface area contributed by atoms with Crippen molar-refractivity contribution in [1.82, 2.24) is 4.98 Å². The SMILES string of the molecule is c1ccc(-c2cccc(C3CCCCC3)n2)cc1.